The first kappa shape index (κ1) is 15.0. The summed E-state index contributed by atoms with van der Waals surface area (Å²) in [6.07, 6.45) is 2.53. The molecule has 2 N–H and O–H groups in total. The number of rotatable bonds is 3. The van der Waals surface area contributed by atoms with Gasteiger partial charge in [-0.15, -0.1) is 11.3 Å². The molecule has 0 saturated carbocycles. The highest BCUT2D eigenvalue weighted by molar-refractivity contribution is 7.12. The molecule has 0 aromatic carbocycles. The zero-order valence-electron chi connectivity index (χ0n) is 12.2. The predicted molar refractivity (Wildman–Crippen MR) is 82.6 cm³/mol. The standard InChI is InChI=1S/C15H19N3O3S/c19-13-4-3-11(17-13)15(21)18-7-5-10(6-8-18)16-14(20)12-2-1-9-22-12/h1-2,9-11H,3-8H2,(H,16,20)(H,17,19). The van der Waals surface area contributed by atoms with Gasteiger partial charge >= 0.3 is 0 Å². The van der Waals surface area contributed by atoms with E-state index in [-0.39, 0.29) is 29.8 Å². The molecule has 1 aromatic heterocycles. The van der Waals surface area contributed by atoms with Gasteiger partial charge in [0.05, 0.1) is 4.88 Å². The van der Waals surface area contributed by atoms with Crippen LogP contribution >= 0.6 is 11.3 Å². The number of nitrogens with zero attached hydrogens (tertiary/aromatic N) is 1. The van der Waals surface area contributed by atoms with Crippen LogP contribution < -0.4 is 10.6 Å². The van der Waals surface area contributed by atoms with E-state index in [0.717, 1.165) is 12.8 Å². The highest BCUT2D eigenvalue weighted by atomic mass is 32.1. The zero-order chi connectivity index (χ0) is 15.5. The van der Waals surface area contributed by atoms with Crippen LogP contribution in [0.4, 0.5) is 0 Å². The summed E-state index contributed by atoms with van der Waals surface area (Å²) in [5.74, 6) is -0.0758. The lowest BCUT2D eigenvalue weighted by Gasteiger charge is -2.33. The van der Waals surface area contributed by atoms with E-state index in [4.69, 9.17) is 0 Å². The summed E-state index contributed by atoms with van der Waals surface area (Å²) in [5.41, 5.74) is 0. The Bertz CT molecular complexity index is 565. The molecule has 0 bridgehead atoms. The highest BCUT2D eigenvalue weighted by Gasteiger charge is 2.32. The third-order valence-corrected chi connectivity index (χ3v) is 5.05. The molecular formula is C15H19N3O3S. The molecule has 2 saturated heterocycles. The minimum atomic E-state index is -0.357. The number of likely N-dealkylation sites (tertiary alicyclic amines) is 1. The average Bonchev–Trinajstić information content (AvgIpc) is 3.18. The van der Waals surface area contributed by atoms with Gasteiger partial charge in [-0.1, -0.05) is 6.07 Å². The van der Waals surface area contributed by atoms with Crippen molar-refractivity contribution in [2.75, 3.05) is 13.1 Å². The van der Waals surface area contributed by atoms with Crippen LogP contribution in [0.3, 0.4) is 0 Å². The second-order valence-electron chi connectivity index (χ2n) is 5.71. The quantitative estimate of drug-likeness (QED) is 0.862. The van der Waals surface area contributed by atoms with Gasteiger partial charge < -0.3 is 15.5 Å². The second kappa shape index (κ2) is 6.48. The molecule has 0 aliphatic carbocycles. The summed E-state index contributed by atoms with van der Waals surface area (Å²) < 4.78 is 0. The van der Waals surface area contributed by atoms with Gasteiger partial charge in [-0.3, -0.25) is 14.4 Å². The molecule has 22 heavy (non-hydrogen) atoms. The fraction of sp³-hybridized carbons (Fsp3) is 0.533. The molecule has 0 radical (unpaired) electrons. The van der Waals surface area contributed by atoms with Crippen molar-refractivity contribution in [1.29, 1.82) is 0 Å². The lowest BCUT2D eigenvalue weighted by molar-refractivity contribution is -0.135. The maximum atomic E-state index is 12.3. The summed E-state index contributed by atoms with van der Waals surface area (Å²) >= 11 is 1.43. The molecule has 2 fully saturated rings. The Hall–Kier alpha value is -1.89. The van der Waals surface area contributed by atoms with Gasteiger partial charge in [-0.25, -0.2) is 0 Å². The maximum Gasteiger partial charge on any atom is 0.261 e. The van der Waals surface area contributed by atoms with Crippen molar-refractivity contribution in [1.82, 2.24) is 15.5 Å². The third kappa shape index (κ3) is 3.30. The van der Waals surface area contributed by atoms with Crippen LogP contribution in [0.2, 0.25) is 0 Å². The summed E-state index contributed by atoms with van der Waals surface area (Å²) in [5, 5.41) is 7.62. The predicted octanol–water partition coefficient (Wildman–Crippen LogP) is 0.747. The number of piperidine rings is 1. The Morgan fingerprint density at radius 1 is 1.27 bits per heavy atom. The van der Waals surface area contributed by atoms with E-state index in [9.17, 15) is 14.4 Å². The van der Waals surface area contributed by atoms with E-state index in [1.807, 2.05) is 11.4 Å². The summed E-state index contributed by atoms with van der Waals surface area (Å²) in [6, 6.07) is 3.42. The van der Waals surface area contributed by atoms with Gasteiger partial charge in [0.25, 0.3) is 5.91 Å². The Balaban J connectivity index is 1.47. The van der Waals surface area contributed by atoms with E-state index in [1.54, 1.807) is 11.0 Å². The highest BCUT2D eigenvalue weighted by Crippen LogP contribution is 2.16. The molecule has 6 nitrogen and oxygen atoms in total. The van der Waals surface area contributed by atoms with Crippen molar-refractivity contribution < 1.29 is 14.4 Å². The van der Waals surface area contributed by atoms with E-state index in [2.05, 4.69) is 10.6 Å². The van der Waals surface area contributed by atoms with Gasteiger partial charge in [-0.2, -0.15) is 0 Å². The number of hydrogen-bond acceptors (Lipinski definition) is 4. The zero-order valence-corrected chi connectivity index (χ0v) is 13.0. The lowest BCUT2D eigenvalue weighted by Crippen LogP contribution is -2.51. The number of hydrogen-bond donors (Lipinski definition) is 2. The Kier molecular flexibility index (Phi) is 4.42. The lowest BCUT2D eigenvalue weighted by atomic mass is 10.0. The van der Waals surface area contributed by atoms with Crippen molar-refractivity contribution in [3.63, 3.8) is 0 Å². The molecule has 2 aliphatic heterocycles. The van der Waals surface area contributed by atoms with Gasteiger partial charge in [-0.05, 0) is 30.7 Å². The molecule has 2 aliphatic rings. The van der Waals surface area contributed by atoms with Crippen LogP contribution in [0.1, 0.15) is 35.4 Å². The van der Waals surface area contributed by atoms with Crippen LogP contribution in [0.15, 0.2) is 17.5 Å². The van der Waals surface area contributed by atoms with Crippen LogP contribution in [0.5, 0.6) is 0 Å². The molecule has 3 rings (SSSR count). The van der Waals surface area contributed by atoms with Crippen LogP contribution in [-0.4, -0.2) is 47.8 Å². The molecule has 1 unspecified atom stereocenters. The summed E-state index contributed by atoms with van der Waals surface area (Å²) in [7, 11) is 0. The van der Waals surface area contributed by atoms with E-state index < -0.39 is 0 Å². The van der Waals surface area contributed by atoms with Crippen LogP contribution in [0, 0.1) is 0 Å². The van der Waals surface area contributed by atoms with Gasteiger partial charge in [0.15, 0.2) is 0 Å². The second-order valence-corrected chi connectivity index (χ2v) is 6.66. The molecule has 1 aromatic rings. The third-order valence-electron chi connectivity index (χ3n) is 4.18. The number of carbonyl (C=O) groups excluding carboxylic acids is 3. The smallest absolute Gasteiger partial charge is 0.261 e. The van der Waals surface area contributed by atoms with Crippen molar-refractivity contribution >= 4 is 29.1 Å². The number of carbonyl (C=O) groups is 3. The first-order valence-electron chi connectivity index (χ1n) is 7.56. The van der Waals surface area contributed by atoms with Gasteiger partial charge in [0.1, 0.15) is 6.04 Å². The monoisotopic (exact) mass is 321 g/mol. The molecule has 118 valence electrons. The molecule has 1 atom stereocenters. The summed E-state index contributed by atoms with van der Waals surface area (Å²) in [6.45, 7) is 1.25. The van der Waals surface area contributed by atoms with E-state index >= 15 is 0 Å². The molecule has 7 heteroatoms. The molecule has 3 amide bonds. The molecule has 0 spiro atoms. The first-order chi connectivity index (χ1) is 10.6. The number of nitrogens with one attached hydrogen (secondary N) is 2. The summed E-state index contributed by atoms with van der Waals surface area (Å²) in [4.78, 5) is 38.0. The van der Waals surface area contributed by atoms with Gasteiger partial charge in [0.2, 0.25) is 11.8 Å². The average molecular weight is 321 g/mol. The Labute approximate surface area is 132 Å². The fourth-order valence-electron chi connectivity index (χ4n) is 2.93. The van der Waals surface area contributed by atoms with E-state index in [0.29, 0.717) is 30.8 Å². The Morgan fingerprint density at radius 2 is 2.05 bits per heavy atom. The molecular weight excluding hydrogens is 302 g/mol. The minimum absolute atomic E-state index is 0.00823. The number of amides is 3. The van der Waals surface area contributed by atoms with Crippen molar-refractivity contribution in [2.24, 2.45) is 0 Å². The minimum Gasteiger partial charge on any atom is -0.348 e. The number of thiophene rings is 1. The van der Waals surface area contributed by atoms with Crippen molar-refractivity contribution in [3.8, 4) is 0 Å². The topological polar surface area (TPSA) is 78.5 Å². The van der Waals surface area contributed by atoms with Crippen LogP contribution in [-0.2, 0) is 9.59 Å². The first-order valence-corrected chi connectivity index (χ1v) is 8.44. The van der Waals surface area contributed by atoms with Crippen molar-refractivity contribution in [3.05, 3.63) is 22.4 Å². The normalized spacial score (nSPS) is 22.5. The fourth-order valence-corrected chi connectivity index (χ4v) is 3.56. The largest absolute Gasteiger partial charge is 0.348 e. The van der Waals surface area contributed by atoms with Crippen molar-refractivity contribution in [2.45, 2.75) is 37.8 Å². The van der Waals surface area contributed by atoms with E-state index in [1.165, 1.54) is 11.3 Å². The molecule has 3 heterocycles. The SMILES string of the molecule is O=C1CCC(C(=O)N2CCC(NC(=O)c3cccs3)CC2)N1. The Morgan fingerprint density at radius 3 is 2.64 bits per heavy atom. The maximum absolute atomic E-state index is 12.3. The van der Waals surface area contributed by atoms with Crippen LogP contribution in [0.25, 0.3) is 0 Å². The van der Waals surface area contributed by atoms with Gasteiger partial charge in [0, 0.05) is 25.6 Å².